The zero-order valence-electron chi connectivity index (χ0n) is 14.3. The number of likely N-dealkylation sites (tertiary alicyclic amines) is 1. The van der Waals surface area contributed by atoms with Crippen LogP contribution in [-0.2, 0) is 17.8 Å². The average Bonchev–Trinajstić information content (AvgIpc) is 2.59. The summed E-state index contributed by atoms with van der Waals surface area (Å²) in [5.41, 5.74) is 2.74. The molecule has 1 aliphatic heterocycles. The molecule has 1 aliphatic rings. The molecule has 0 spiro atoms. The van der Waals surface area contributed by atoms with E-state index in [9.17, 15) is 4.79 Å². The van der Waals surface area contributed by atoms with Gasteiger partial charge in [-0.25, -0.2) is 0 Å². The normalized spacial score (nSPS) is 21.9. The van der Waals surface area contributed by atoms with Crippen LogP contribution in [0.1, 0.15) is 51.2 Å². The lowest BCUT2D eigenvalue weighted by atomic mass is 9.89. The van der Waals surface area contributed by atoms with Gasteiger partial charge in [0.15, 0.2) is 0 Å². The van der Waals surface area contributed by atoms with E-state index in [1.807, 2.05) is 11.8 Å². The molecule has 22 heavy (non-hydrogen) atoms. The highest BCUT2D eigenvalue weighted by atomic mass is 16.2. The SMILES string of the molecule is CCC(=O)N1CC[C@@H](NCc2ccc(CC)cc2)[C@@H](CC)C1. The smallest absolute Gasteiger partial charge is 0.222 e. The van der Waals surface area contributed by atoms with Crippen molar-refractivity contribution in [1.82, 2.24) is 10.2 Å². The first-order valence-electron chi connectivity index (χ1n) is 8.76. The van der Waals surface area contributed by atoms with E-state index in [0.29, 0.717) is 24.3 Å². The van der Waals surface area contributed by atoms with E-state index in [2.05, 4.69) is 43.4 Å². The van der Waals surface area contributed by atoms with E-state index < -0.39 is 0 Å². The summed E-state index contributed by atoms with van der Waals surface area (Å²) in [6.07, 6.45) is 3.91. The molecule has 2 rings (SSSR count). The molecule has 1 amide bonds. The van der Waals surface area contributed by atoms with E-state index >= 15 is 0 Å². The summed E-state index contributed by atoms with van der Waals surface area (Å²) in [5.74, 6) is 0.867. The van der Waals surface area contributed by atoms with Gasteiger partial charge in [0.25, 0.3) is 0 Å². The molecule has 0 radical (unpaired) electrons. The Kier molecular flexibility index (Phi) is 6.44. The maximum atomic E-state index is 11.9. The maximum absolute atomic E-state index is 11.9. The number of carbonyl (C=O) groups is 1. The summed E-state index contributed by atoms with van der Waals surface area (Å²) < 4.78 is 0. The van der Waals surface area contributed by atoms with Gasteiger partial charge in [-0.1, -0.05) is 51.5 Å². The van der Waals surface area contributed by atoms with Crippen molar-refractivity contribution in [3.8, 4) is 0 Å². The van der Waals surface area contributed by atoms with Crippen LogP contribution in [-0.4, -0.2) is 29.9 Å². The first-order valence-corrected chi connectivity index (χ1v) is 8.76. The van der Waals surface area contributed by atoms with Crippen LogP contribution in [0.3, 0.4) is 0 Å². The van der Waals surface area contributed by atoms with Crippen LogP contribution in [0.5, 0.6) is 0 Å². The lowest BCUT2D eigenvalue weighted by Gasteiger charge is -2.38. The Morgan fingerprint density at radius 2 is 1.86 bits per heavy atom. The molecule has 3 heteroatoms. The molecule has 3 nitrogen and oxygen atoms in total. The number of amides is 1. The second-order valence-corrected chi connectivity index (χ2v) is 6.31. The molecule has 1 aromatic carbocycles. The number of rotatable bonds is 6. The second-order valence-electron chi connectivity index (χ2n) is 6.31. The minimum absolute atomic E-state index is 0.298. The Morgan fingerprint density at radius 1 is 1.18 bits per heavy atom. The molecule has 0 bridgehead atoms. The Morgan fingerprint density at radius 3 is 2.45 bits per heavy atom. The van der Waals surface area contributed by atoms with Crippen LogP contribution in [0, 0.1) is 5.92 Å². The number of hydrogen-bond donors (Lipinski definition) is 1. The molecule has 1 fully saturated rings. The van der Waals surface area contributed by atoms with Crippen molar-refractivity contribution < 1.29 is 4.79 Å². The number of aryl methyl sites for hydroxylation is 1. The van der Waals surface area contributed by atoms with Gasteiger partial charge in [0, 0.05) is 32.1 Å². The average molecular weight is 302 g/mol. The van der Waals surface area contributed by atoms with Crippen LogP contribution >= 0.6 is 0 Å². The summed E-state index contributed by atoms with van der Waals surface area (Å²) in [6, 6.07) is 9.41. The summed E-state index contributed by atoms with van der Waals surface area (Å²) in [7, 11) is 0. The van der Waals surface area contributed by atoms with Crippen LogP contribution in [0.15, 0.2) is 24.3 Å². The predicted octanol–water partition coefficient (Wildman–Crippen LogP) is 3.38. The number of hydrogen-bond acceptors (Lipinski definition) is 2. The molecule has 0 saturated carbocycles. The van der Waals surface area contributed by atoms with E-state index in [-0.39, 0.29) is 0 Å². The quantitative estimate of drug-likeness (QED) is 0.874. The monoisotopic (exact) mass is 302 g/mol. The molecule has 2 atom stereocenters. The topological polar surface area (TPSA) is 32.3 Å². The second kappa shape index (κ2) is 8.33. The molecule has 0 unspecified atom stereocenters. The number of nitrogens with zero attached hydrogens (tertiary/aromatic N) is 1. The number of piperidine rings is 1. The maximum Gasteiger partial charge on any atom is 0.222 e. The van der Waals surface area contributed by atoms with Gasteiger partial charge >= 0.3 is 0 Å². The summed E-state index contributed by atoms with van der Waals surface area (Å²) in [4.78, 5) is 13.9. The van der Waals surface area contributed by atoms with Crippen molar-refractivity contribution in [3.63, 3.8) is 0 Å². The Hall–Kier alpha value is -1.35. The van der Waals surface area contributed by atoms with Gasteiger partial charge < -0.3 is 10.2 Å². The summed E-state index contributed by atoms with van der Waals surface area (Å²) in [5, 5.41) is 3.72. The molecule has 0 aromatic heterocycles. The molecular formula is C19H30N2O. The Labute approximate surface area is 135 Å². The van der Waals surface area contributed by atoms with E-state index in [0.717, 1.165) is 38.9 Å². The number of benzene rings is 1. The van der Waals surface area contributed by atoms with Crippen LogP contribution < -0.4 is 5.32 Å². The molecule has 1 heterocycles. The first-order chi connectivity index (χ1) is 10.7. The molecule has 0 aliphatic carbocycles. The van der Waals surface area contributed by atoms with Gasteiger partial charge in [0.1, 0.15) is 0 Å². The van der Waals surface area contributed by atoms with Gasteiger partial charge in [-0.2, -0.15) is 0 Å². The largest absolute Gasteiger partial charge is 0.342 e. The fourth-order valence-corrected chi connectivity index (χ4v) is 3.31. The standard InChI is InChI=1S/C19H30N2O/c1-4-15-7-9-16(10-8-15)13-20-18-11-12-21(19(22)6-3)14-17(18)5-2/h7-10,17-18,20H,4-6,11-14H2,1-3H3/t17-,18+/m0/s1. The molecule has 1 N–H and O–H groups in total. The fourth-order valence-electron chi connectivity index (χ4n) is 3.31. The highest BCUT2D eigenvalue weighted by molar-refractivity contribution is 5.75. The zero-order chi connectivity index (χ0) is 15.9. The minimum atomic E-state index is 0.298. The van der Waals surface area contributed by atoms with Gasteiger partial charge in [0.2, 0.25) is 5.91 Å². The third-order valence-electron chi connectivity index (χ3n) is 4.91. The lowest BCUT2D eigenvalue weighted by molar-refractivity contribution is -0.133. The number of nitrogens with one attached hydrogen (secondary N) is 1. The Bertz CT molecular complexity index is 469. The van der Waals surface area contributed by atoms with E-state index in [4.69, 9.17) is 0 Å². The zero-order valence-corrected chi connectivity index (χ0v) is 14.3. The third-order valence-corrected chi connectivity index (χ3v) is 4.91. The molecule has 122 valence electrons. The van der Waals surface area contributed by atoms with Gasteiger partial charge in [-0.3, -0.25) is 4.79 Å². The molecule has 1 saturated heterocycles. The van der Waals surface area contributed by atoms with Crippen molar-refractivity contribution in [3.05, 3.63) is 35.4 Å². The lowest BCUT2D eigenvalue weighted by Crippen LogP contribution is -2.50. The van der Waals surface area contributed by atoms with Crippen molar-refractivity contribution >= 4 is 5.91 Å². The summed E-state index contributed by atoms with van der Waals surface area (Å²) >= 11 is 0. The third kappa shape index (κ3) is 4.33. The predicted molar refractivity (Wildman–Crippen MR) is 91.7 cm³/mol. The van der Waals surface area contributed by atoms with Crippen molar-refractivity contribution in [1.29, 1.82) is 0 Å². The van der Waals surface area contributed by atoms with Crippen molar-refractivity contribution in [2.24, 2.45) is 5.92 Å². The van der Waals surface area contributed by atoms with Crippen molar-refractivity contribution in [2.75, 3.05) is 13.1 Å². The van der Waals surface area contributed by atoms with E-state index in [1.54, 1.807) is 0 Å². The summed E-state index contributed by atoms with van der Waals surface area (Å²) in [6.45, 7) is 9.10. The van der Waals surface area contributed by atoms with Crippen LogP contribution in [0.25, 0.3) is 0 Å². The minimum Gasteiger partial charge on any atom is -0.342 e. The van der Waals surface area contributed by atoms with Gasteiger partial charge in [-0.15, -0.1) is 0 Å². The Balaban J connectivity index is 1.87. The highest BCUT2D eigenvalue weighted by Crippen LogP contribution is 2.21. The van der Waals surface area contributed by atoms with Crippen LogP contribution in [0.4, 0.5) is 0 Å². The molecular weight excluding hydrogens is 272 g/mol. The van der Waals surface area contributed by atoms with E-state index in [1.165, 1.54) is 11.1 Å². The van der Waals surface area contributed by atoms with Gasteiger partial charge in [-0.05, 0) is 29.9 Å². The van der Waals surface area contributed by atoms with Crippen molar-refractivity contribution in [2.45, 2.75) is 59.0 Å². The van der Waals surface area contributed by atoms with Crippen LogP contribution in [0.2, 0.25) is 0 Å². The molecule has 1 aromatic rings. The highest BCUT2D eigenvalue weighted by Gasteiger charge is 2.29. The fraction of sp³-hybridized carbons (Fsp3) is 0.632. The number of carbonyl (C=O) groups excluding carboxylic acids is 1. The first kappa shape index (κ1) is 17.0. The van der Waals surface area contributed by atoms with Gasteiger partial charge in [0.05, 0.1) is 0 Å².